The summed E-state index contributed by atoms with van der Waals surface area (Å²) < 4.78 is 2.23. The highest BCUT2D eigenvalue weighted by Crippen LogP contribution is 2.21. The number of hydrogen-bond donors (Lipinski definition) is 1. The quantitative estimate of drug-likeness (QED) is 0.864. The van der Waals surface area contributed by atoms with Gasteiger partial charge in [-0.05, 0) is 32.4 Å². The van der Waals surface area contributed by atoms with Crippen LogP contribution in [-0.2, 0) is 6.54 Å². The lowest BCUT2D eigenvalue weighted by Gasteiger charge is -2.23. The molecule has 2 heterocycles. The largest absolute Gasteiger partial charge is 0.332 e. The molecule has 1 saturated heterocycles. The Balaban J connectivity index is 2.08. The third-order valence-electron chi connectivity index (χ3n) is 3.84. The van der Waals surface area contributed by atoms with E-state index in [-0.39, 0.29) is 6.04 Å². The minimum Gasteiger partial charge on any atom is -0.332 e. The highest BCUT2D eigenvalue weighted by molar-refractivity contribution is 5.00. The highest BCUT2D eigenvalue weighted by Gasteiger charge is 2.23. The zero-order chi connectivity index (χ0) is 12.4. The van der Waals surface area contributed by atoms with Crippen LogP contribution in [0.1, 0.15) is 38.6 Å². The third-order valence-corrected chi connectivity index (χ3v) is 3.84. The maximum Gasteiger partial charge on any atom is 0.125 e. The summed E-state index contributed by atoms with van der Waals surface area (Å²) >= 11 is 0. The Labute approximate surface area is 104 Å². The average Bonchev–Trinajstić information content (AvgIpc) is 2.88. The molecule has 1 aromatic rings. The molecule has 0 spiro atoms. The monoisotopic (exact) mass is 236 g/mol. The molecule has 1 fully saturated rings. The summed E-state index contributed by atoms with van der Waals surface area (Å²) in [6.07, 6.45) is 6.52. The smallest absolute Gasteiger partial charge is 0.125 e. The van der Waals surface area contributed by atoms with E-state index < -0.39 is 0 Å². The van der Waals surface area contributed by atoms with E-state index in [0.717, 1.165) is 12.4 Å². The lowest BCUT2D eigenvalue weighted by molar-refractivity contribution is 0.277. The minimum atomic E-state index is 0.0386. The average molecular weight is 236 g/mol. The SMILES string of the molecule is CC(C)[C@H](N)c1nccn1C[C@H]1CCCN1C. The predicted octanol–water partition coefficient (Wildman–Crippen LogP) is 1.63. The van der Waals surface area contributed by atoms with Crippen LogP contribution in [0.4, 0.5) is 0 Å². The first-order chi connectivity index (χ1) is 8.09. The molecule has 2 atom stereocenters. The van der Waals surface area contributed by atoms with Crippen LogP contribution in [0.3, 0.4) is 0 Å². The first-order valence-corrected chi connectivity index (χ1v) is 6.56. The van der Waals surface area contributed by atoms with Gasteiger partial charge in [-0.3, -0.25) is 0 Å². The van der Waals surface area contributed by atoms with Crippen LogP contribution >= 0.6 is 0 Å². The molecule has 0 aliphatic carbocycles. The van der Waals surface area contributed by atoms with Gasteiger partial charge >= 0.3 is 0 Å². The molecule has 0 bridgehead atoms. The summed E-state index contributed by atoms with van der Waals surface area (Å²) in [5.74, 6) is 1.46. The van der Waals surface area contributed by atoms with Gasteiger partial charge in [-0.15, -0.1) is 0 Å². The molecule has 4 nitrogen and oxygen atoms in total. The molecule has 96 valence electrons. The standard InChI is InChI=1S/C13H24N4/c1-10(2)12(14)13-15-6-8-17(13)9-11-5-4-7-16(11)3/h6,8,10-12H,4-5,7,9,14H2,1-3H3/t11-,12+/m1/s1. The number of likely N-dealkylation sites (tertiary alicyclic amines) is 1. The fraction of sp³-hybridized carbons (Fsp3) is 0.769. The fourth-order valence-electron chi connectivity index (χ4n) is 2.51. The molecule has 0 aromatic carbocycles. The number of nitrogens with two attached hydrogens (primary N) is 1. The second-order valence-corrected chi connectivity index (χ2v) is 5.48. The van der Waals surface area contributed by atoms with Crippen molar-refractivity contribution in [3.05, 3.63) is 18.2 Å². The van der Waals surface area contributed by atoms with Crippen LogP contribution in [0.2, 0.25) is 0 Å². The lowest BCUT2D eigenvalue weighted by atomic mass is 10.0. The van der Waals surface area contributed by atoms with E-state index in [9.17, 15) is 0 Å². The van der Waals surface area contributed by atoms with Crippen molar-refractivity contribution in [1.29, 1.82) is 0 Å². The summed E-state index contributed by atoms with van der Waals surface area (Å²) in [4.78, 5) is 6.86. The summed E-state index contributed by atoms with van der Waals surface area (Å²) in [6, 6.07) is 0.680. The van der Waals surface area contributed by atoms with Crippen molar-refractivity contribution in [2.24, 2.45) is 11.7 Å². The molecule has 2 N–H and O–H groups in total. The third kappa shape index (κ3) is 2.69. The van der Waals surface area contributed by atoms with Gasteiger partial charge < -0.3 is 15.2 Å². The molecule has 4 heteroatoms. The van der Waals surface area contributed by atoms with Gasteiger partial charge in [0, 0.05) is 25.0 Å². The molecule has 1 aliphatic heterocycles. The Morgan fingerprint density at radius 1 is 1.53 bits per heavy atom. The molecule has 0 unspecified atom stereocenters. The number of aromatic nitrogens is 2. The normalized spacial score (nSPS) is 23.5. The van der Waals surface area contributed by atoms with Crippen molar-refractivity contribution in [2.45, 2.75) is 45.3 Å². The van der Waals surface area contributed by atoms with Gasteiger partial charge in [-0.25, -0.2) is 4.98 Å². The highest BCUT2D eigenvalue weighted by atomic mass is 15.2. The van der Waals surface area contributed by atoms with Crippen LogP contribution < -0.4 is 5.73 Å². The molecule has 1 aliphatic rings. The van der Waals surface area contributed by atoms with Gasteiger partial charge in [0.1, 0.15) is 5.82 Å². The van der Waals surface area contributed by atoms with E-state index >= 15 is 0 Å². The maximum atomic E-state index is 6.20. The molecule has 0 amide bonds. The Bertz CT molecular complexity index is 358. The minimum absolute atomic E-state index is 0.0386. The van der Waals surface area contributed by atoms with Crippen LogP contribution in [0, 0.1) is 5.92 Å². The van der Waals surface area contributed by atoms with Crippen molar-refractivity contribution in [1.82, 2.24) is 14.5 Å². The lowest BCUT2D eigenvalue weighted by Crippen LogP contribution is -2.31. The molecule has 0 radical (unpaired) electrons. The van der Waals surface area contributed by atoms with Gasteiger partial charge in [0.15, 0.2) is 0 Å². The van der Waals surface area contributed by atoms with E-state index in [1.807, 2.05) is 6.20 Å². The first kappa shape index (κ1) is 12.6. The van der Waals surface area contributed by atoms with Crippen molar-refractivity contribution in [3.63, 3.8) is 0 Å². The summed E-state index contributed by atoms with van der Waals surface area (Å²) in [6.45, 7) is 6.52. The van der Waals surface area contributed by atoms with Crippen LogP contribution in [-0.4, -0.2) is 34.1 Å². The van der Waals surface area contributed by atoms with Crippen molar-refractivity contribution >= 4 is 0 Å². The topological polar surface area (TPSA) is 47.1 Å². The summed E-state index contributed by atoms with van der Waals surface area (Å²) in [7, 11) is 2.21. The summed E-state index contributed by atoms with van der Waals surface area (Å²) in [5, 5.41) is 0. The molecule has 1 aromatic heterocycles. The van der Waals surface area contributed by atoms with Crippen molar-refractivity contribution < 1.29 is 0 Å². The number of imidazole rings is 1. The Morgan fingerprint density at radius 2 is 2.29 bits per heavy atom. The molecular weight excluding hydrogens is 212 g/mol. The number of likely N-dealkylation sites (N-methyl/N-ethyl adjacent to an activating group) is 1. The van der Waals surface area contributed by atoms with Crippen molar-refractivity contribution in [3.8, 4) is 0 Å². The predicted molar refractivity (Wildman–Crippen MR) is 69.6 cm³/mol. The van der Waals surface area contributed by atoms with Crippen LogP contribution in [0.15, 0.2) is 12.4 Å². The molecule has 17 heavy (non-hydrogen) atoms. The molecule has 2 rings (SSSR count). The van der Waals surface area contributed by atoms with E-state index in [2.05, 4.69) is 41.5 Å². The number of rotatable bonds is 4. The maximum absolute atomic E-state index is 6.20. The Kier molecular flexibility index (Phi) is 3.84. The molecular formula is C13H24N4. The van der Waals surface area contributed by atoms with E-state index in [0.29, 0.717) is 12.0 Å². The van der Waals surface area contributed by atoms with Crippen LogP contribution in [0.25, 0.3) is 0 Å². The first-order valence-electron chi connectivity index (χ1n) is 6.56. The molecule has 0 saturated carbocycles. The van der Waals surface area contributed by atoms with Crippen LogP contribution in [0.5, 0.6) is 0 Å². The summed E-state index contributed by atoms with van der Waals surface area (Å²) in [5.41, 5.74) is 6.20. The van der Waals surface area contributed by atoms with Gasteiger partial charge in [0.25, 0.3) is 0 Å². The number of nitrogens with zero attached hydrogens (tertiary/aromatic N) is 3. The van der Waals surface area contributed by atoms with Gasteiger partial charge in [0.05, 0.1) is 6.04 Å². The zero-order valence-electron chi connectivity index (χ0n) is 11.1. The van der Waals surface area contributed by atoms with E-state index in [1.165, 1.54) is 19.4 Å². The van der Waals surface area contributed by atoms with E-state index in [4.69, 9.17) is 5.73 Å². The Hall–Kier alpha value is -0.870. The zero-order valence-corrected chi connectivity index (χ0v) is 11.1. The Morgan fingerprint density at radius 3 is 2.88 bits per heavy atom. The van der Waals surface area contributed by atoms with Gasteiger partial charge in [0.2, 0.25) is 0 Å². The van der Waals surface area contributed by atoms with Gasteiger partial charge in [-0.1, -0.05) is 13.8 Å². The van der Waals surface area contributed by atoms with E-state index in [1.54, 1.807) is 0 Å². The second kappa shape index (κ2) is 5.19. The van der Waals surface area contributed by atoms with Crippen molar-refractivity contribution in [2.75, 3.05) is 13.6 Å². The van der Waals surface area contributed by atoms with Gasteiger partial charge in [-0.2, -0.15) is 0 Å². The number of hydrogen-bond acceptors (Lipinski definition) is 3. The second-order valence-electron chi connectivity index (χ2n) is 5.48. The fourth-order valence-corrected chi connectivity index (χ4v) is 2.51.